The van der Waals surface area contributed by atoms with Crippen LogP contribution in [-0.4, -0.2) is 37.2 Å². The Labute approximate surface area is 108 Å². The molecule has 1 unspecified atom stereocenters. The molecule has 1 aliphatic rings. The number of hydrogen-bond donors (Lipinski definition) is 1. The molecule has 2 rings (SSSR count). The van der Waals surface area contributed by atoms with Crippen LogP contribution in [-0.2, 0) is 6.42 Å². The molecular formula is C14H21FN2O. The second kappa shape index (κ2) is 6.16. The van der Waals surface area contributed by atoms with Gasteiger partial charge >= 0.3 is 0 Å². The first kappa shape index (κ1) is 13.3. The van der Waals surface area contributed by atoms with Crippen molar-refractivity contribution in [2.75, 3.05) is 26.2 Å². The standard InChI is InChI=1S/C14H21FN2O/c1-2-17(7-3-6-16)10-13-9-11-8-12(15)4-5-14(11)18-13/h4-5,8,13H,2-3,6-7,9-10,16H2,1H3. The highest BCUT2D eigenvalue weighted by Gasteiger charge is 2.24. The second-order valence-corrected chi connectivity index (χ2v) is 4.73. The zero-order chi connectivity index (χ0) is 13.0. The summed E-state index contributed by atoms with van der Waals surface area (Å²) in [6.07, 6.45) is 1.94. The van der Waals surface area contributed by atoms with Crippen LogP contribution in [0.25, 0.3) is 0 Å². The van der Waals surface area contributed by atoms with Crippen LogP contribution in [0.15, 0.2) is 18.2 Å². The number of ether oxygens (including phenoxy) is 1. The second-order valence-electron chi connectivity index (χ2n) is 4.73. The largest absolute Gasteiger partial charge is 0.488 e. The Bertz CT molecular complexity index is 397. The Morgan fingerprint density at radius 1 is 1.50 bits per heavy atom. The van der Waals surface area contributed by atoms with E-state index < -0.39 is 0 Å². The molecule has 3 nitrogen and oxygen atoms in total. The van der Waals surface area contributed by atoms with Gasteiger partial charge in [-0.3, -0.25) is 4.90 Å². The summed E-state index contributed by atoms with van der Waals surface area (Å²) in [7, 11) is 0. The smallest absolute Gasteiger partial charge is 0.123 e. The number of hydrogen-bond acceptors (Lipinski definition) is 3. The Balaban J connectivity index is 1.90. The summed E-state index contributed by atoms with van der Waals surface area (Å²) in [6.45, 7) is 5.72. The van der Waals surface area contributed by atoms with Crippen LogP contribution in [0.1, 0.15) is 18.9 Å². The predicted octanol–water partition coefficient (Wildman–Crippen LogP) is 1.80. The maximum absolute atomic E-state index is 13.1. The number of benzene rings is 1. The Kier molecular flexibility index (Phi) is 4.55. The zero-order valence-electron chi connectivity index (χ0n) is 10.9. The minimum absolute atomic E-state index is 0.138. The quantitative estimate of drug-likeness (QED) is 0.839. The van der Waals surface area contributed by atoms with Crippen molar-refractivity contribution in [1.82, 2.24) is 4.90 Å². The summed E-state index contributed by atoms with van der Waals surface area (Å²) in [5, 5.41) is 0. The van der Waals surface area contributed by atoms with Crippen molar-refractivity contribution in [2.24, 2.45) is 5.73 Å². The van der Waals surface area contributed by atoms with Crippen molar-refractivity contribution in [2.45, 2.75) is 25.9 Å². The van der Waals surface area contributed by atoms with Crippen LogP contribution >= 0.6 is 0 Å². The van der Waals surface area contributed by atoms with Crippen molar-refractivity contribution in [3.05, 3.63) is 29.6 Å². The van der Waals surface area contributed by atoms with Gasteiger partial charge in [-0.25, -0.2) is 4.39 Å². The molecule has 0 aliphatic carbocycles. The zero-order valence-corrected chi connectivity index (χ0v) is 10.9. The van der Waals surface area contributed by atoms with E-state index in [1.54, 1.807) is 12.1 Å². The van der Waals surface area contributed by atoms with E-state index in [1.165, 1.54) is 6.07 Å². The predicted molar refractivity (Wildman–Crippen MR) is 70.3 cm³/mol. The van der Waals surface area contributed by atoms with Crippen LogP contribution in [0.3, 0.4) is 0 Å². The van der Waals surface area contributed by atoms with E-state index in [0.29, 0.717) is 6.54 Å². The molecule has 0 amide bonds. The van der Waals surface area contributed by atoms with Gasteiger partial charge < -0.3 is 10.5 Å². The molecule has 1 aliphatic heterocycles. The summed E-state index contributed by atoms with van der Waals surface area (Å²) in [5.74, 6) is 0.643. The fraction of sp³-hybridized carbons (Fsp3) is 0.571. The van der Waals surface area contributed by atoms with Crippen molar-refractivity contribution in [1.29, 1.82) is 0 Å². The average molecular weight is 252 g/mol. The number of rotatable bonds is 6. The molecule has 0 saturated carbocycles. The molecular weight excluding hydrogens is 231 g/mol. The van der Waals surface area contributed by atoms with Gasteiger partial charge in [0.25, 0.3) is 0 Å². The van der Waals surface area contributed by atoms with Crippen molar-refractivity contribution in [3.8, 4) is 5.75 Å². The molecule has 2 N–H and O–H groups in total. The van der Waals surface area contributed by atoms with Crippen LogP contribution in [0.4, 0.5) is 4.39 Å². The van der Waals surface area contributed by atoms with Crippen molar-refractivity contribution >= 4 is 0 Å². The van der Waals surface area contributed by atoms with Crippen LogP contribution in [0.2, 0.25) is 0 Å². The lowest BCUT2D eigenvalue weighted by molar-refractivity contribution is 0.154. The molecule has 100 valence electrons. The molecule has 1 atom stereocenters. The summed E-state index contributed by atoms with van der Waals surface area (Å²) in [5.41, 5.74) is 6.51. The van der Waals surface area contributed by atoms with Gasteiger partial charge in [-0.1, -0.05) is 6.92 Å². The highest BCUT2D eigenvalue weighted by Crippen LogP contribution is 2.29. The number of fused-ring (bicyclic) bond motifs is 1. The third-order valence-corrected chi connectivity index (χ3v) is 3.35. The van der Waals surface area contributed by atoms with Gasteiger partial charge in [-0.15, -0.1) is 0 Å². The lowest BCUT2D eigenvalue weighted by Gasteiger charge is -2.23. The molecule has 1 aromatic carbocycles. The van der Waals surface area contributed by atoms with Crippen LogP contribution < -0.4 is 10.5 Å². The van der Waals surface area contributed by atoms with Crippen LogP contribution in [0, 0.1) is 5.82 Å². The fourth-order valence-electron chi connectivity index (χ4n) is 2.37. The van der Waals surface area contributed by atoms with E-state index in [2.05, 4.69) is 11.8 Å². The number of nitrogens with two attached hydrogens (primary N) is 1. The third kappa shape index (κ3) is 3.21. The summed E-state index contributed by atoms with van der Waals surface area (Å²) in [4.78, 5) is 2.33. The first-order chi connectivity index (χ1) is 8.72. The van der Waals surface area contributed by atoms with E-state index in [1.807, 2.05) is 0 Å². The van der Waals surface area contributed by atoms with Crippen molar-refractivity contribution in [3.63, 3.8) is 0 Å². The highest BCUT2D eigenvalue weighted by atomic mass is 19.1. The third-order valence-electron chi connectivity index (χ3n) is 3.35. The molecule has 0 radical (unpaired) electrons. The van der Waals surface area contributed by atoms with Gasteiger partial charge in [0.1, 0.15) is 17.7 Å². The molecule has 18 heavy (non-hydrogen) atoms. The summed E-state index contributed by atoms with van der Waals surface area (Å²) in [6, 6.07) is 4.75. The number of halogens is 1. The maximum Gasteiger partial charge on any atom is 0.123 e. The SMILES string of the molecule is CCN(CCCN)CC1Cc2cc(F)ccc2O1. The normalized spacial score (nSPS) is 17.9. The first-order valence-corrected chi connectivity index (χ1v) is 6.60. The van der Waals surface area contributed by atoms with Gasteiger partial charge in [0.05, 0.1) is 0 Å². The average Bonchev–Trinajstić information content (AvgIpc) is 2.75. The number of likely N-dealkylation sites (N-methyl/N-ethyl adjacent to an activating group) is 1. The molecule has 1 aromatic rings. The van der Waals surface area contributed by atoms with E-state index in [4.69, 9.17) is 10.5 Å². The molecule has 0 fully saturated rings. The van der Waals surface area contributed by atoms with Gasteiger partial charge in [-0.2, -0.15) is 0 Å². The van der Waals surface area contributed by atoms with E-state index in [9.17, 15) is 4.39 Å². The Morgan fingerprint density at radius 2 is 2.33 bits per heavy atom. The molecule has 1 heterocycles. The van der Waals surface area contributed by atoms with Gasteiger partial charge in [-0.05, 0) is 44.3 Å². The Hall–Kier alpha value is -1.13. The topological polar surface area (TPSA) is 38.5 Å². The van der Waals surface area contributed by atoms with Gasteiger partial charge in [0, 0.05) is 18.5 Å². The Morgan fingerprint density at radius 3 is 3.06 bits per heavy atom. The van der Waals surface area contributed by atoms with Crippen molar-refractivity contribution < 1.29 is 9.13 Å². The van der Waals surface area contributed by atoms with Crippen LogP contribution in [0.5, 0.6) is 5.75 Å². The number of nitrogens with zero attached hydrogens (tertiary/aromatic N) is 1. The minimum atomic E-state index is -0.187. The van der Waals surface area contributed by atoms with E-state index in [-0.39, 0.29) is 11.9 Å². The van der Waals surface area contributed by atoms with E-state index >= 15 is 0 Å². The van der Waals surface area contributed by atoms with E-state index in [0.717, 1.165) is 43.8 Å². The molecule has 0 saturated heterocycles. The highest BCUT2D eigenvalue weighted by molar-refractivity contribution is 5.37. The minimum Gasteiger partial charge on any atom is -0.488 e. The maximum atomic E-state index is 13.1. The lowest BCUT2D eigenvalue weighted by atomic mass is 10.1. The molecule has 0 aromatic heterocycles. The molecule has 4 heteroatoms. The summed E-state index contributed by atoms with van der Waals surface area (Å²) < 4.78 is 18.9. The fourth-order valence-corrected chi connectivity index (χ4v) is 2.37. The molecule has 0 spiro atoms. The van der Waals surface area contributed by atoms with Gasteiger partial charge in [0.2, 0.25) is 0 Å². The monoisotopic (exact) mass is 252 g/mol. The van der Waals surface area contributed by atoms with Gasteiger partial charge in [0.15, 0.2) is 0 Å². The molecule has 0 bridgehead atoms. The first-order valence-electron chi connectivity index (χ1n) is 6.60. The lowest BCUT2D eigenvalue weighted by Crippen LogP contribution is -2.36. The summed E-state index contributed by atoms with van der Waals surface area (Å²) >= 11 is 0.